The van der Waals surface area contributed by atoms with Crippen LogP contribution in [0, 0.1) is 6.92 Å². The molecule has 1 aromatic heterocycles. The molecule has 1 aromatic carbocycles. The molecule has 1 N–H and O–H groups in total. The molecular weight excluding hydrogens is 364 g/mol. The van der Waals surface area contributed by atoms with Gasteiger partial charge >= 0.3 is 5.97 Å². The van der Waals surface area contributed by atoms with Crippen LogP contribution in [0.15, 0.2) is 22.8 Å². The Kier molecular flexibility index (Phi) is 4.16. The van der Waals surface area contributed by atoms with Gasteiger partial charge in [0.1, 0.15) is 6.54 Å². The van der Waals surface area contributed by atoms with Gasteiger partial charge < -0.3 is 10.0 Å². The lowest BCUT2D eigenvalue weighted by molar-refractivity contribution is -0.133. The average Bonchev–Trinajstić information content (AvgIpc) is 2.95. The summed E-state index contributed by atoms with van der Waals surface area (Å²) < 4.78 is 2.31. The van der Waals surface area contributed by atoms with E-state index in [0.29, 0.717) is 13.1 Å². The van der Waals surface area contributed by atoms with Crippen molar-refractivity contribution in [1.29, 1.82) is 0 Å². The van der Waals surface area contributed by atoms with E-state index in [-0.39, 0.29) is 18.1 Å². The highest BCUT2D eigenvalue weighted by atomic mass is 79.9. The van der Waals surface area contributed by atoms with Crippen molar-refractivity contribution in [2.75, 3.05) is 6.54 Å². The molecule has 0 saturated heterocycles. The molecule has 120 valence electrons. The number of carbonyl (C=O) groups excluding carboxylic acids is 1. The lowest BCUT2D eigenvalue weighted by Crippen LogP contribution is -2.38. The van der Waals surface area contributed by atoms with Crippen LogP contribution in [-0.2, 0) is 24.3 Å². The summed E-state index contributed by atoms with van der Waals surface area (Å²) in [6.07, 6.45) is 2.07. The van der Waals surface area contributed by atoms with Crippen molar-refractivity contribution in [2.24, 2.45) is 0 Å². The third kappa shape index (κ3) is 3.26. The third-order valence-corrected chi connectivity index (χ3v) is 4.40. The molecule has 1 amide bonds. The Morgan fingerprint density at radius 2 is 2.17 bits per heavy atom. The predicted octanol–water partition coefficient (Wildman–Crippen LogP) is 1.63. The van der Waals surface area contributed by atoms with Gasteiger partial charge in [-0.15, -0.1) is 5.10 Å². The Hall–Kier alpha value is -2.22. The molecule has 0 fully saturated rings. The lowest BCUT2D eigenvalue weighted by atomic mass is 9.95. The SMILES string of the molecule is Cc1cc(Br)cc2c1CN(C(=O)Cn1cc(C(=O)O)nn1)CC2. The number of aromatic carboxylic acids is 1. The van der Waals surface area contributed by atoms with Crippen LogP contribution in [0.5, 0.6) is 0 Å². The van der Waals surface area contributed by atoms with Gasteiger partial charge in [-0.25, -0.2) is 9.48 Å². The maximum Gasteiger partial charge on any atom is 0.358 e. The predicted molar refractivity (Wildman–Crippen MR) is 85.0 cm³/mol. The monoisotopic (exact) mass is 378 g/mol. The van der Waals surface area contributed by atoms with Crippen LogP contribution < -0.4 is 0 Å². The van der Waals surface area contributed by atoms with Gasteiger partial charge in [-0.2, -0.15) is 0 Å². The first-order chi connectivity index (χ1) is 10.9. The van der Waals surface area contributed by atoms with Gasteiger partial charge in [0.05, 0.1) is 6.20 Å². The number of hydrogen-bond donors (Lipinski definition) is 1. The minimum Gasteiger partial charge on any atom is -0.476 e. The minimum atomic E-state index is -1.16. The summed E-state index contributed by atoms with van der Waals surface area (Å²) in [5.74, 6) is -1.25. The Labute approximate surface area is 141 Å². The van der Waals surface area contributed by atoms with Crippen molar-refractivity contribution in [2.45, 2.75) is 26.4 Å². The van der Waals surface area contributed by atoms with E-state index in [1.54, 1.807) is 4.90 Å². The largest absolute Gasteiger partial charge is 0.476 e. The molecule has 0 bridgehead atoms. The smallest absolute Gasteiger partial charge is 0.358 e. The van der Waals surface area contributed by atoms with Crippen LogP contribution in [0.2, 0.25) is 0 Å². The summed E-state index contributed by atoms with van der Waals surface area (Å²) in [6, 6.07) is 4.14. The maximum atomic E-state index is 12.4. The van der Waals surface area contributed by atoms with Gasteiger partial charge in [-0.1, -0.05) is 21.1 Å². The molecule has 3 rings (SSSR count). The van der Waals surface area contributed by atoms with Crippen molar-refractivity contribution < 1.29 is 14.7 Å². The standard InChI is InChI=1S/C15H15BrN4O3/c1-9-4-11(16)5-10-2-3-19(6-12(9)10)14(21)8-20-7-13(15(22)23)17-18-20/h4-5,7H,2-3,6,8H2,1H3,(H,22,23). The molecule has 2 heterocycles. The topological polar surface area (TPSA) is 88.3 Å². The number of halogens is 1. The van der Waals surface area contributed by atoms with Gasteiger partial charge in [-0.05, 0) is 42.2 Å². The first-order valence-electron chi connectivity index (χ1n) is 7.13. The Balaban J connectivity index is 1.72. The summed E-state index contributed by atoms with van der Waals surface area (Å²) >= 11 is 3.50. The zero-order chi connectivity index (χ0) is 16.6. The molecule has 1 aliphatic rings. The Morgan fingerprint density at radius 3 is 2.87 bits per heavy atom. The van der Waals surface area contributed by atoms with Gasteiger partial charge in [0, 0.05) is 17.6 Å². The van der Waals surface area contributed by atoms with E-state index in [1.807, 2.05) is 13.0 Å². The van der Waals surface area contributed by atoms with Crippen LogP contribution >= 0.6 is 15.9 Å². The fraction of sp³-hybridized carbons (Fsp3) is 0.333. The molecule has 0 aliphatic carbocycles. The lowest BCUT2D eigenvalue weighted by Gasteiger charge is -2.30. The Bertz CT molecular complexity index is 787. The number of amides is 1. The van der Waals surface area contributed by atoms with Crippen LogP contribution in [-0.4, -0.2) is 43.4 Å². The number of carboxylic acid groups (broad SMARTS) is 1. The number of rotatable bonds is 3. The zero-order valence-electron chi connectivity index (χ0n) is 12.5. The zero-order valence-corrected chi connectivity index (χ0v) is 14.1. The van der Waals surface area contributed by atoms with Crippen molar-refractivity contribution in [1.82, 2.24) is 19.9 Å². The van der Waals surface area contributed by atoms with E-state index in [9.17, 15) is 9.59 Å². The molecule has 7 nitrogen and oxygen atoms in total. The van der Waals surface area contributed by atoms with E-state index >= 15 is 0 Å². The van der Waals surface area contributed by atoms with Gasteiger partial charge in [0.25, 0.3) is 0 Å². The third-order valence-electron chi connectivity index (χ3n) is 3.94. The molecule has 0 atom stereocenters. The van der Waals surface area contributed by atoms with E-state index in [4.69, 9.17) is 5.11 Å². The summed E-state index contributed by atoms with van der Waals surface area (Å²) in [4.78, 5) is 25.0. The second-order valence-corrected chi connectivity index (χ2v) is 6.45. The van der Waals surface area contributed by atoms with E-state index in [2.05, 4.69) is 32.3 Å². The number of aryl methyl sites for hydroxylation is 1. The summed E-state index contributed by atoms with van der Waals surface area (Å²) in [5.41, 5.74) is 3.43. The number of benzene rings is 1. The molecular formula is C15H15BrN4O3. The fourth-order valence-electron chi connectivity index (χ4n) is 2.74. The van der Waals surface area contributed by atoms with Gasteiger partial charge in [-0.3, -0.25) is 4.79 Å². The summed E-state index contributed by atoms with van der Waals surface area (Å²) in [7, 11) is 0. The number of nitrogens with zero attached hydrogens (tertiary/aromatic N) is 4. The minimum absolute atomic E-state index is 0.00874. The Morgan fingerprint density at radius 1 is 1.39 bits per heavy atom. The van der Waals surface area contributed by atoms with E-state index in [1.165, 1.54) is 22.0 Å². The first kappa shape index (κ1) is 15.7. The number of fused-ring (bicyclic) bond motifs is 1. The molecule has 0 unspecified atom stereocenters. The van der Waals surface area contributed by atoms with Gasteiger partial charge in [0.15, 0.2) is 5.69 Å². The van der Waals surface area contributed by atoms with Gasteiger partial charge in [0.2, 0.25) is 5.91 Å². The number of hydrogen-bond acceptors (Lipinski definition) is 4. The van der Waals surface area contributed by atoms with Crippen molar-refractivity contribution in [3.8, 4) is 0 Å². The van der Waals surface area contributed by atoms with Crippen LogP contribution in [0.25, 0.3) is 0 Å². The van der Waals surface area contributed by atoms with E-state index in [0.717, 1.165) is 16.5 Å². The normalized spacial score (nSPS) is 13.7. The average molecular weight is 379 g/mol. The number of carboxylic acids is 1. The second-order valence-electron chi connectivity index (χ2n) is 5.53. The summed E-state index contributed by atoms with van der Waals surface area (Å²) in [6.45, 7) is 3.23. The van der Waals surface area contributed by atoms with Crippen LogP contribution in [0.3, 0.4) is 0 Å². The number of aromatic nitrogens is 3. The van der Waals surface area contributed by atoms with Crippen molar-refractivity contribution in [3.05, 3.63) is 45.2 Å². The highest BCUT2D eigenvalue weighted by molar-refractivity contribution is 9.10. The van der Waals surface area contributed by atoms with Crippen LogP contribution in [0.4, 0.5) is 0 Å². The molecule has 8 heteroatoms. The van der Waals surface area contributed by atoms with Crippen molar-refractivity contribution >= 4 is 27.8 Å². The first-order valence-corrected chi connectivity index (χ1v) is 7.92. The second kappa shape index (κ2) is 6.11. The summed E-state index contributed by atoms with van der Waals surface area (Å²) in [5, 5.41) is 16.0. The number of carbonyl (C=O) groups is 2. The fourth-order valence-corrected chi connectivity index (χ4v) is 3.36. The molecule has 0 radical (unpaired) electrons. The highest BCUT2D eigenvalue weighted by Crippen LogP contribution is 2.26. The molecule has 0 spiro atoms. The quantitative estimate of drug-likeness (QED) is 0.876. The van der Waals surface area contributed by atoms with Crippen molar-refractivity contribution in [3.63, 3.8) is 0 Å². The molecule has 0 saturated carbocycles. The maximum absolute atomic E-state index is 12.4. The molecule has 1 aliphatic heterocycles. The highest BCUT2D eigenvalue weighted by Gasteiger charge is 2.23. The molecule has 23 heavy (non-hydrogen) atoms. The van der Waals surface area contributed by atoms with E-state index < -0.39 is 5.97 Å². The molecule has 2 aromatic rings. The van der Waals surface area contributed by atoms with Crippen LogP contribution in [0.1, 0.15) is 27.2 Å².